The molecule has 0 bridgehead atoms. The molecule has 0 unspecified atom stereocenters. The molecule has 0 amide bonds. The first-order chi connectivity index (χ1) is 7.49. The van der Waals surface area contributed by atoms with Gasteiger partial charge in [-0.05, 0) is 29.3 Å². The number of hydrogen-bond acceptors (Lipinski definition) is 4. The fourth-order valence-electron chi connectivity index (χ4n) is 1.72. The number of nitrogen functional groups attached to an aromatic ring is 1. The molecule has 0 fully saturated rings. The van der Waals surface area contributed by atoms with Crippen molar-refractivity contribution in [2.75, 3.05) is 5.73 Å². The second-order valence-electron chi connectivity index (χ2n) is 4.15. The normalized spacial score (nSPS) is 17.8. The minimum atomic E-state index is -0.953. The van der Waals surface area contributed by atoms with E-state index in [4.69, 9.17) is 22.9 Å². The van der Waals surface area contributed by atoms with Crippen molar-refractivity contribution < 1.29 is 16.5 Å². The van der Waals surface area contributed by atoms with Crippen LogP contribution in [-0.2, 0) is 16.5 Å². The molecule has 1 aromatic carbocycles. The Morgan fingerprint density at radius 2 is 1.53 bits per heavy atom. The fraction of sp³-hybridized carbons (Fsp3) is 0.167. The van der Waals surface area contributed by atoms with Crippen LogP contribution in [0, 0.1) is 0 Å². The van der Waals surface area contributed by atoms with Crippen LogP contribution < -0.4 is 22.9 Å². The van der Waals surface area contributed by atoms with E-state index < -0.39 is 5.66 Å². The number of hydrogen-bond donors (Lipinski definition) is 4. The summed E-state index contributed by atoms with van der Waals surface area (Å²) in [5.74, 6) is 0. The van der Waals surface area contributed by atoms with Crippen molar-refractivity contribution in [1.82, 2.24) is 0 Å². The Morgan fingerprint density at radius 1 is 0.941 bits per heavy atom. The van der Waals surface area contributed by atoms with E-state index in [1.165, 1.54) is 0 Å². The molecule has 0 radical (unpaired) electrons. The quantitative estimate of drug-likeness (QED) is 0.340. The summed E-state index contributed by atoms with van der Waals surface area (Å²) in [6.45, 7) is 0. The van der Waals surface area contributed by atoms with Crippen molar-refractivity contribution in [2.45, 2.75) is 12.1 Å². The Labute approximate surface area is 111 Å². The summed E-state index contributed by atoms with van der Waals surface area (Å²) in [4.78, 5) is 0. The summed E-state index contributed by atoms with van der Waals surface area (Å²) >= 11 is 0. The van der Waals surface area contributed by atoms with Crippen molar-refractivity contribution in [1.29, 1.82) is 0 Å². The number of allylic oxidation sites excluding steroid dienone is 2. The molecule has 1 aliphatic rings. The Balaban J connectivity index is 0.00000144. The third-order valence-electron chi connectivity index (χ3n) is 2.77. The Bertz CT molecular complexity index is 460. The predicted molar refractivity (Wildman–Crippen MR) is 66.8 cm³/mol. The van der Waals surface area contributed by atoms with Crippen LogP contribution in [0.2, 0.25) is 0 Å². The summed E-state index contributed by atoms with van der Waals surface area (Å²) in [6, 6.07) is 7.61. The van der Waals surface area contributed by atoms with Gasteiger partial charge in [-0.1, -0.05) is 18.2 Å². The topological polar surface area (TPSA) is 104 Å². The summed E-state index contributed by atoms with van der Waals surface area (Å²) in [7, 11) is 0. The van der Waals surface area contributed by atoms with Crippen LogP contribution in [0.5, 0.6) is 0 Å². The molecule has 8 N–H and O–H groups in total. The van der Waals surface area contributed by atoms with Crippen LogP contribution in [0.25, 0.3) is 5.57 Å². The molecule has 94 valence electrons. The molecular formula is C12H16N4Ni. The largest absolute Gasteiger partial charge is 0.399 e. The zero-order valence-electron chi connectivity index (χ0n) is 9.30. The summed E-state index contributed by atoms with van der Waals surface area (Å²) in [5.41, 5.74) is 25.6. The van der Waals surface area contributed by atoms with Crippen LogP contribution in [-0.4, -0.2) is 5.66 Å². The van der Waals surface area contributed by atoms with Crippen molar-refractivity contribution in [2.24, 2.45) is 17.2 Å². The molecule has 0 atom stereocenters. The van der Waals surface area contributed by atoms with Gasteiger partial charge in [-0.15, -0.1) is 0 Å². The molecule has 0 heterocycles. The predicted octanol–water partition coefficient (Wildman–Crippen LogP) is 0.510. The summed E-state index contributed by atoms with van der Waals surface area (Å²) in [5, 5.41) is 0. The molecule has 1 aromatic rings. The second-order valence-corrected chi connectivity index (χ2v) is 4.15. The van der Waals surface area contributed by atoms with Gasteiger partial charge in [-0.2, -0.15) is 0 Å². The molecular weight excluding hydrogens is 259 g/mol. The van der Waals surface area contributed by atoms with Gasteiger partial charge in [-0.25, -0.2) is 0 Å². The zero-order valence-corrected chi connectivity index (χ0v) is 10.3. The molecule has 0 spiro atoms. The van der Waals surface area contributed by atoms with Gasteiger partial charge < -0.3 is 22.9 Å². The molecule has 0 saturated carbocycles. The van der Waals surface area contributed by atoms with Crippen LogP contribution >= 0.6 is 0 Å². The van der Waals surface area contributed by atoms with Gasteiger partial charge >= 0.3 is 0 Å². The molecule has 2 rings (SSSR count). The van der Waals surface area contributed by atoms with E-state index in [0.29, 0.717) is 12.1 Å². The van der Waals surface area contributed by atoms with Gasteiger partial charge in [-0.3, -0.25) is 0 Å². The first-order valence-corrected chi connectivity index (χ1v) is 5.09. The molecule has 4 nitrogen and oxygen atoms in total. The fourth-order valence-corrected chi connectivity index (χ4v) is 1.72. The smallest absolute Gasteiger partial charge is 0.109 e. The van der Waals surface area contributed by atoms with E-state index in [2.05, 4.69) is 0 Å². The molecule has 0 aliphatic heterocycles. The van der Waals surface area contributed by atoms with Crippen LogP contribution in [0.3, 0.4) is 0 Å². The van der Waals surface area contributed by atoms with Crippen LogP contribution in [0.1, 0.15) is 12.0 Å². The van der Waals surface area contributed by atoms with E-state index in [9.17, 15) is 0 Å². The average molecular weight is 275 g/mol. The van der Waals surface area contributed by atoms with E-state index in [1.807, 2.05) is 30.3 Å². The molecule has 1 aliphatic carbocycles. The molecule has 5 heteroatoms. The Morgan fingerprint density at radius 3 is 2.06 bits per heavy atom. The molecule has 17 heavy (non-hydrogen) atoms. The Hall–Kier alpha value is -1.29. The second kappa shape index (κ2) is 4.92. The average Bonchev–Trinajstić information content (AvgIpc) is 2.23. The SMILES string of the molecule is NC1=CC=C(c2ccc(N)cc2)CC1(N)N.[Ni]. The van der Waals surface area contributed by atoms with Gasteiger partial charge in [0.25, 0.3) is 0 Å². The van der Waals surface area contributed by atoms with Gasteiger partial charge in [0.05, 0.1) is 0 Å². The first kappa shape index (κ1) is 13.8. The van der Waals surface area contributed by atoms with Gasteiger partial charge in [0.1, 0.15) is 5.66 Å². The number of benzene rings is 1. The van der Waals surface area contributed by atoms with Gasteiger partial charge in [0.2, 0.25) is 0 Å². The van der Waals surface area contributed by atoms with Gasteiger partial charge in [0.15, 0.2) is 0 Å². The monoisotopic (exact) mass is 274 g/mol. The summed E-state index contributed by atoms with van der Waals surface area (Å²) in [6.07, 6.45) is 4.23. The van der Waals surface area contributed by atoms with Crippen LogP contribution in [0.15, 0.2) is 42.1 Å². The molecule has 0 saturated heterocycles. The van der Waals surface area contributed by atoms with E-state index in [1.54, 1.807) is 6.08 Å². The minimum absolute atomic E-state index is 0. The van der Waals surface area contributed by atoms with E-state index in [0.717, 1.165) is 16.8 Å². The number of rotatable bonds is 1. The van der Waals surface area contributed by atoms with E-state index in [-0.39, 0.29) is 16.5 Å². The maximum absolute atomic E-state index is 5.90. The van der Waals surface area contributed by atoms with Crippen molar-refractivity contribution >= 4 is 11.3 Å². The van der Waals surface area contributed by atoms with Crippen LogP contribution in [0.4, 0.5) is 5.69 Å². The van der Waals surface area contributed by atoms with Crippen molar-refractivity contribution in [3.8, 4) is 0 Å². The Kier molecular flexibility index (Phi) is 3.99. The van der Waals surface area contributed by atoms with E-state index >= 15 is 0 Å². The van der Waals surface area contributed by atoms with Crippen molar-refractivity contribution in [3.63, 3.8) is 0 Å². The number of nitrogens with two attached hydrogens (primary N) is 4. The maximum atomic E-state index is 5.90. The third kappa shape index (κ3) is 2.88. The maximum Gasteiger partial charge on any atom is 0.109 e. The zero-order chi connectivity index (χ0) is 11.8. The standard InChI is InChI=1S/C12H16N4.Ni/c13-10-4-1-8(2-5-10)9-3-6-11(14)12(15,16)7-9;/h1-6H,7,13-16H2;. The van der Waals surface area contributed by atoms with Crippen molar-refractivity contribution in [3.05, 3.63) is 47.7 Å². The third-order valence-corrected chi connectivity index (χ3v) is 2.77. The summed E-state index contributed by atoms with van der Waals surface area (Å²) < 4.78 is 0. The van der Waals surface area contributed by atoms with Gasteiger partial charge in [0, 0.05) is 34.3 Å². The molecule has 0 aromatic heterocycles. The minimum Gasteiger partial charge on any atom is -0.399 e. The number of anilines is 1. The first-order valence-electron chi connectivity index (χ1n) is 5.09.